The first kappa shape index (κ1) is 19.9. The first-order chi connectivity index (χ1) is 11.0. The van der Waals surface area contributed by atoms with E-state index in [9.17, 15) is 14.4 Å². The fourth-order valence-electron chi connectivity index (χ4n) is 2.53. The average Bonchev–Trinajstić information content (AvgIpc) is 3.05. The molecule has 8 heteroatoms. The molecule has 1 aromatic rings. The molecule has 1 aliphatic rings. The second kappa shape index (κ2) is 9.24. The number of hydrogen-bond donors (Lipinski definition) is 2. The minimum absolute atomic E-state index is 0. The maximum absolute atomic E-state index is 12.1. The number of halogens is 1. The Morgan fingerprint density at radius 1 is 1.12 bits per heavy atom. The third kappa shape index (κ3) is 5.21. The zero-order chi connectivity index (χ0) is 16.8. The molecule has 132 valence electrons. The molecule has 2 rings (SSSR count). The van der Waals surface area contributed by atoms with Gasteiger partial charge in [-0.2, -0.15) is 0 Å². The number of esters is 2. The minimum Gasteiger partial charge on any atom is -0.465 e. The number of methoxy groups -OCH3 is 2. The molecule has 1 fully saturated rings. The van der Waals surface area contributed by atoms with E-state index in [1.165, 1.54) is 32.4 Å². The van der Waals surface area contributed by atoms with Gasteiger partial charge in [0.1, 0.15) is 0 Å². The second-order valence-electron chi connectivity index (χ2n) is 5.39. The fraction of sp³-hybridized carbons (Fsp3) is 0.438. The number of benzene rings is 1. The first-order valence-electron chi connectivity index (χ1n) is 7.35. The monoisotopic (exact) mass is 356 g/mol. The Balaban J connectivity index is 0.00000288. The normalized spacial score (nSPS) is 16.0. The van der Waals surface area contributed by atoms with Crippen LogP contribution in [0, 0.1) is 5.92 Å². The lowest BCUT2D eigenvalue weighted by Gasteiger charge is -2.11. The van der Waals surface area contributed by atoms with Crippen molar-refractivity contribution in [2.45, 2.75) is 12.8 Å². The summed E-state index contributed by atoms with van der Waals surface area (Å²) in [6.07, 6.45) is 1.35. The van der Waals surface area contributed by atoms with E-state index < -0.39 is 11.9 Å². The lowest BCUT2D eigenvalue weighted by atomic mass is 10.0. The first-order valence-corrected chi connectivity index (χ1v) is 7.35. The molecule has 0 bridgehead atoms. The van der Waals surface area contributed by atoms with Crippen LogP contribution in [0.5, 0.6) is 0 Å². The molecule has 2 N–H and O–H groups in total. The highest BCUT2D eigenvalue weighted by Crippen LogP contribution is 2.19. The summed E-state index contributed by atoms with van der Waals surface area (Å²) in [5, 5.41) is 5.93. The van der Waals surface area contributed by atoms with Gasteiger partial charge in [-0.05, 0) is 43.6 Å². The molecule has 1 aliphatic heterocycles. The van der Waals surface area contributed by atoms with Crippen molar-refractivity contribution in [2.75, 3.05) is 32.6 Å². The van der Waals surface area contributed by atoms with Gasteiger partial charge in [-0.1, -0.05) is 0 Å². The third-order valence-corrected chi connectivity index (χ3v) is 3.70. The van der Waals surface area contributed by atoms with Crippen LogP contribution in [0.2, 0.25) is 0 Å². The smallest absolute Gasteiger partial charge is 0.337 e. The summed E-state index contributed by atoms with van der Waals surface area (Å²) in [6, 6.07) is 4.32. The van der Waals surface area contributed by atoms with E-state index in [2.05, 4.69) is 20.1 Å². The van der Waals surface area contributed by atoms with Crippen molar-refractivity contribution < 1.29 is 23.9 Å². The molecule has 1 amide bonds. The summed E-state index contributed by atoms with van der Waals surface area (Å²) in [5.74, 6) is -1.03. The van der Waals surface area contributed by atoms with Gasteiger partial charge in [0.25, 0.3) is 0 Å². The van der Waals surface area contributed by atoms with Gasteiger partial charge in [0.2, 0.25) is 5.91 Å². The van der Waals surface area contributed by atoms with Crippen LogP contribution in [0.1, 0.15) is 33.6 Å². The summed E-state index contributed by atoms with van der Waals surface area (Å²) >= 11 is 0. The number of rotatable bonds is 5. The Morgan fingerprint density at radius 2 is 1.71 bits per heavy atom. The number of carbonyl (C=O) groups excluding carboxylic acids is 3. The van der Waals surface area contributed by atoms with E-state index in [1.807, 2.05) is 0 Å². The predicted octanol–water partition coefficient (Wildman–Crippen LogP) is 1.62. The molecular weight excluding hydrogens is 336 g/mol. The highest BCUT2D eigenvalue weighted by molar-refractivity contribution is 5.99. The average molecular weight is 357 g/mol. The zero-order valence-electron chi connectivity index (χ0n) is 13.6. The van der Waals surface area contributed by atoms with Gasteiger partial charge in [-0.3, -0.25) is 4.79 Å². The van der Waals surface area contributed by atoms with Gasteiger partial charge in [-0.15, -0.1) is 12.4 Å². The third-order valence-electron chi connectivity index (χ3n) is 3.70. The van der Waals surface area contributed by atoms with Crippen molar-refractivity contribution in [1.29, 1.82) is 0 Å². The van der Waals surface area contributed by atoms with Crippen LogP contribution >= 0.6 is 12.4 Å². The minimum atomic E-state index is -0.591. The van der Waals surface area contributed by atoms with Crippen molar-refractivity contribution >= 4 is 35.9 Å². The number of ether oxygens (including phenoxy) is 2. The lowest BCUT2D eigenvalue weighted by molar-refractivity contribution is -0.117. The highest BCUT2D eigenvalue weighted by atomic mass is 35.5. The van der Waals surface area contributed by atoms with Crippen LogP contribution in [0.15, 0.2) is 18.2 Å². The summed E-state index contributed by atoms with van der Waals surface area (Å²) in [6.45, 7) is 1.74. The number of anilines is 1. The Bertz CT molecular complexity index is 580. The second-order valence-corrected chi connectivity index (χ2v) is 5.39. The zero-order valence-corrected chi connectivity index (χ0v) is 14.4. The van der Waals surface area contributed by atoms with Crippen molar-refractivity contribution in [3.05, 3.63) is 29.3 Å². The Labute approximate surface area is 146 Å². The van der Waals surface area contributed by atoms with Crippen LogP contribution in [-0.2, 0) is 14.3 Å². The van der Waals surface area contributed by atoms with Crippen molar-refractivity contribution in [3.63, 3.8) is 0 Å². The van der Waals surface area contributed by atoms with Gasteiger partial charge in [0.15, 0.2) is 0 Å². The van der Waals surface area contributed by atoms with Crippen molar-refractivity contribution in [1.82, 2.24) is 5.32 Å². The molecule has 24 heavy (non-hydrogen) atoms. The Kier molecular flexibility index (Phi) is 7.67. The molecule has 1 heterocycles. The SMILES string of the molecule is COC(=O)c1cc(NC(=O)CC2CCNC2)cc(C(=O)OC)c1.Cl. The molecule has 1 unspecified atom stereocenters. The van der Waals surface area contributed by atoms with Gasteiger partial charge < -0.3 is 20.1 Å². The quantitative estimate of drug-likeness (QED) is 0.779. The van der Waals surface area contributed by atoms with Crippen molar-refractivity contribution in [2.24, 2.45) is 5.92 Å². The van der Waals surface area contributed by atoms with Crippen molar-refractivity contribution in [3.8, 4) is 0 Å². The van der Waals surface area contributed by atoms with E-state index in [4.69, 9.17) is 0 Å². The van der Waals surface area contributed by atoms with E-state index in [1.54, 1.807) is 0 Å². The van der Waals surface area contributed by atoms with Crippen LogP contribution in [0.25, 0.3) is 0 Å². The van der Waals surface area contributed by atoms with E-state index in [-0.39, 0.29) is 29.4 Å². The number of amides is 1. The molecule has 0 aliphatic carbocycles. The maximum atomic E-state index is 12.1. The van der Waals surface area contributed by atoms with Crippen LogP contribution in [0.4, 0.5) is 5.69 Å². The van der Waals surface area contributed by atoms with Gasteiger partial charge >= 0.3 is 11.9 Å². The lowest BCUT2D eigenvalue weighted by Crippen LogP contribution is -2.19. The number of nitrogens with one attached hydrogen (secondary N) is 2. The summed E-state index contributed by atoms with van der Waals surface area (Å²) in [5.41, 5.74) is 0.714. The summed E-state index contributed by atoms with van der Waals surface area (Å²) in [7, 11) is 2.50. The van der Waals surface area contributed by atoms with Gasteiger partial charge in [-0.25, -0.2) is 9.59 Å². The van der Waals surface area contributed by atoms with E-state index in [0.717, 1.165) is 19.5 Å². The fourth-order valence-corrected chi connectivity index (χ4v) is 2.53. The molecule has 0 radical (unpaired) electrons. The van der Waals surface area contributed by atoms with Crippen LogP contribution in [-0.4, -0.2) is 45.2 Å². The standard InChI is InChI=1S/C16H20N2O5.ClH/c1-22-15(20)11-6-12(16(21)23-2)8-13(7-11)18-14(19)5-10-3-4-17-9-10;/h6-8,10,17H,3-5,9H2,1-2H3,(H,18,19);1H. The molecule has 0 saturated carbocycles. The topological polar surface area (TPSA) is 93.7 Å². The van der Waals surface area contributed by atoms with E-state index in [0.29, 0.717) is 18.0 Å². The highest BCUT2D eigenvalue weighted by Gasteiger charge is 2.19. The molecule has 1 saturated heterocycles. The number of carbonyl (C=O) groups is 3. The predicted molar refractivity (Wildman–Crippen MR) is 90.6 cm³/mol. The van der Waals surface area contributed by atoms with Gasteiger partial charge in [0, 0.05) is 12.1 Å². The van der Waals surface area contributed by atoms with Gasteiger partial charge in [0.05, 0.1) is 25.3 Å². The molecular formula is C16H21ClN2O5. The summed E-state index contributed by atoms with van der Waals surface area (Å²) in [4.78, 5) is 35.5. The maximum Gasteiger partial charge on any atom is 0.337 e. The number of hydrogen-bond acceptors (Lipinski definition) is 6. The Morgan fingerprint density at radius 3 is 2.17 bits per heavy atom. The molecule has 0 aromatic heterocycles. The van der Waals surface area contributed by atoms with E-state index >= 15 is 0 Å². The molecule has 1 atom stereocenters. The largest absolute Gasteiger partial charge is 0.465 e. The van der Waals surface area contributed by atoms with Crippen LogP contribution < -0.4 is 10.6 Å². The van der Waals surface area contributed by atoms with Crippen LogP contribution in [0.3, 0.4) is 0 Å². The Hall–Kier alpha value is -2.12. The molecule has 7 nitrogen and oxygen atoms in total. The summed E-state index contributed by atoms with van der Waals surface area (Å²) < 4.78 is 9.32. The molecule has 0 spiro atoms. The molecule has 1 aromatic carbocycles.